The molecule has 1 aromatic rings. The van der Waals surface area contributed by atoms with Crippen molar-refractivity contribution in [3.05, 3.63) is 65.5 Å². The van der Waals surface area contributed by atoms with Crippen LogP contribution < -0.4 is 10.6 Å². The second-order valence-electron chi connectivity index (χ2n) is 7.67. The summed E-state index contributed by atoms with van der Waals surface area (Å²) in [4.78, 5) is 5.96. The summed E-state index contributed by atoms with van der Waals surface area (Å²) >= 11 is 0. The Labute approximate surface area is 184 Å². The highest BCUT2D eigenvalue weighted by atomic mass is 19.4. The average molecular weight is 450 g/mol. The third kappa shape index (κ3) is 4.95. The van der Waals surface area contributed by atoms with Crippen molar-refractivity contribution >= 4 is 18.1 Å². The van der Waals surface area contributed by atoms with Gasteiger partial charge in [0.05, 0.1) is 29.4 Å². The van der Waals surface area contributed by atoms with Crippen LogP contribution >= 0.6 is 0 Å². The highest BCUT2D eigenvalue weighted by Crippen LogP contribution is 2.32. The van der Waals surface area contributed by atoms with Gasteiger partial charge in [-0.25, -0.2) is 4.39 Å². The number of likely N-dealkylation sites (N-methyl/N-ethyl adjacent to an activating group) is 1. The van der Waals surface area contributed by atoms with Crippen molar-refractivity contribution in [1.29, 1.82) is 0 Å². The van der Waals surface area contributed by atoms with E-state index in [-0.39, 0.29) is 18.9 Å². The smallest absolute Gasteiger partial charge is 0.378 e. The number of hydrogen-bond acceptors (Lipinski definition) is 6. The van der Waals surface area contributed by atoms with Gasteiger partial charge in [-0.1, -0.05) is 19.2 Å². The third-order valence-corrected chi connectivity index (χ3v) is 5.43. The molecule has 0 amide bonds. The summed E-state index contributed by atoms with van der Waals surface area (Å²) < 4.78 is 53.6. The number of alkyl halides is 3. The first-order valence-corrected chi connectivity index (χ1v) is 9.98. The van der Waals surface area contributed by atoms with Crippen LogP contribution in [0.3, 0.4) is 0 Å². The molecule has 0 spiro atoms. The summed E-state index contributed by atoms with van der Waals surface area (Å²) in [7, 11) is 1.75. The molecule has 2 N–H and O–H groups in total. The summed E-state index contributed by atoms with van der Waals surface area (Å²) in [6.07, 6.45) is -2.19. The van der Waals surface area contributed by atoms with Crippen LogP contribution in [0.5, 0.6) is 0 Å². The Morgan fingerprint density at radius 3 is 2.75 bits per heavy atom. The van der Waals surface area contributed by atoms with Gasteiger partial charge >= 0.3 is 6.18 Å². The summed E-state index contributed by atoms with van der Waals surface area (Å²) in [5, 5.41) is 10.9. The van der Waals surface area contributed by atoms with Crippen LogP contribution in [0.25, 0.3) is 0 Å². The quantitative estimate of drug-likeness (QED) is 0.274. The minimum atomic E-state index is -4.37. The number of benzene rings is 1. The maximum atomic E-state index is 14.7. The lowest BCUT2D eigenvalue weighted by atomic mass is 10.1. The average Bonchev–Trinajstić information content (AvgIpc) is 3.30. The molecule has 1 fully saturated rings. The van der Waals surface area contributed by atoms with Gasteiger partial charge < -0.3 is 15.5 Å². The predicted octanol–water partition coefficient (Wildman–Crippen LogP) is 3.82. The van der Waals surface area contributed by atoms with Crippen LogP contribution in [0.1, 0.15) is 18.1 Å². The van der Waals surface area contributed by atoms with Crippen LogP contribution in [0.15, 0.2) is 58.7 Å². The molecule has 0 aromatic heterocycles. The Balaban J connectivity index is 1.67. The highest BCUT2D eigenvalue weighted by Gasteiger charge is 2.44. The van der Waals surface area contributed by atoms with Crippen molar-refractivity contribution in [1.82, 2.24) is 20.5 Å². The maximum absolute atomic E-state index is 14.7. The van der Waals surface area contributed by atoms with Gasteiger partial charge in [-0.3, -0.25) is 10.0 Å². The number of nitrogens with zero attached hydrogens (tertiary/aromatic N) is 4. The number of allylic oxidation sites excluding steroid dienone is 1. The summed E-state index contributed by atoms with van der Waals surface area (Å²) in [6.45, 7) is 13.2. The van der Waals surface area contributed by atoms with Gasteiger partial charge in [0.2, 0.25) is 0 Å². The SMILES string of the molecule is C=NN(C)/C(=C\C)C(=C)NCC1=Nc2cc(CN3CC(C(F)(F)F)NC3=C)cc(F)c2C1. The van der Waals surface area contributed by atoms with Crippen LogP contribution in [0.2, 0.25) is 0 Å². The van der Waals surface area contributed by atoms with E-state index >= 15 is 0 Å². The van der Waals surface area contributed by atoms with Gasteiger partial charge in [0.1, 0.15) is 11.9 Å². The zero-order chi connectivity index (χ0) is 23.6. The molecule has 2 heterocycles. The maximum Gasteiger partial charge on any atom is 0.410 e. The molecule has 6 nitrogen and oxygen atoms in total. The molecule has 0 radical (unpaired) electrons. The van der Waals surface area contributed by atoms with Gasteiger partial charge in [-0.05, 0) is 24.6 Å². The molecule has 2 aliphatic rings. The lowest BCUT2D eigenvalue weighted by Gasteiger charge is -2.19. The second kappa shape index (κ2) is 9.05. The summed E-state index contributed by atoms with van der Waals surface area (Å²) in [5.41, 5.74) is 3.60. The molecule has 1 atom stereocenters. The van der Waals surface area contributed by atoms with Gasteiger partial charge in [0, 0.05) is 44.6 Å². The summed E-state index contributed by atoms with van der Waals surface area (Å²) in [5.74, 6) is -0.260. The van der Waals surface area contributed by atoms with E-state index in [0.29, 0.717) is 35.5 Å². The molecule has 0 saturated carbocycles. The van der Waals surface area contributed by atoms with Gasteiger partial charge in [-0.15, -0.1) is 0 Å². The van der Waals surface area contributed by atoms with Crippen molar-refractivity contribution in [2.75, 3.05) is 20.1 Å². The minimum absolute atomic E-state index is 0.105. The van der Waals surface area contributed by atoms with E-state index < -0.39 is 18.0 Å². The molecule has 172 valence electrons. The molecule has 10 heteroatoms. The first-order valence-electron chi connectivity index (χ1n) is 9.98. The van der Waals surface area contributed by atoms with Crippen LogP contribution in [-0.4, -0.2) is 54.7 Å². The molecule has 32 heavy (non-hydrogen) atoms. The molecule has 1 saturated heterocycles. The van der Waals surface area contributed by atoms with Gasteiger partial charge in [-0.2, -0.15) is 18.3 Å². The number of rotatable bonds is 8. The Kier molecular flexibility index (Phi) is 6.61. The number of aliphatic imine (C=N–C) groups is 1. The summed E-state index contributed by atoms with van der Waals surface area (Å²) in [6, 6.07) is 1.37. The molecule has 3 rings (SSSR count). The number of halogens is 4. The number of fused-ring (bicyclic) bond motifs is 1. The zero-order valence-corrected chi connectivity index (χ0v) is 18.1. The third-order valence-electron chi connectivity index (χ3n) is 5.43. The standard InChI is InChI=1S/C22H26F4N6/c1-6-20(31(5)27-4)13(2)28-10-16-9-17-18(23)7-15(8-19(17)30-16)11-32-12-21(22(24,25)26)29-14(32)3/h6-8,21,28-29H,2-4,9-12H2,1,5H3/b20-6-. The molecular formula is C22H26F4N6. The van der Waals surface area contributed by atoms with E-state index in [2.05, 4.69) is 40.6 Å². The van der Waals surface area contributed by atoms with E-state index in [1.165, 1.54) is 11.0 Å². The second-order valence-corrected chi connectivity index (χ2v) is 7.67. The van der Waals surface area contributed by atoms with Gasteiger partial charge in [0.15, 0.2) is 0 Å². The Morgan fingerprint density at radius 1 is 1.44 bits per heavy atom. The van der Waals surface area contributed by atoms with E-state index in [4.69, 9.17) is 0 Å². The normalized spacial score (nSPS) is 18.2. The predicted molar refractivity (Wildman–Crippen MR) is 118 cm³/mol. The molecular weight excluding hydrogens is 424 g/mol. The van der Waals surface area contributed by atoms with Crippen LogP contribution in [-0.2, 0) is 13.0 Å². The lowest BCUT2D eigenvalue weighted by Crippen LogP contribution is -2.39. The van der Waals surface area contributed by atoms with Crippen LogP contribution in [0.4, 0.5) is 23.2 Å². The molecule has 0 aliphatic carbocycles. The molecule has 2 aliphatic heterocycles. The largest absolute Gasteiger partial charge is 0.410 e. The molecule has 1 unspecified atom stereocenters. The van der Waals surface area contributed by atoms with Crippen molar-refractivity contribution in [3.8, 4) is 0 Å². The first-order chi connectivity index (χ1) is 15.0. The van der Waals surface area contributed by atoms with Crippen molar-refractivity contribution in [3.63, 3.8) is 0 Å². The van der Waals surface area contributed by atoms with Gasteiger partial charge in [0.25, 0.3) is 0 Å². The van der Waals surface area contributed by atoms with Crippen molar-refractivity contribution < 1.29 is 17.6 Å². The Bertz CT molecular complexity index is 995. The number of hydrogen-bond donors (Lipinski definition) is 2. The fourth-order valence-electron chi connectivity index (χ4n) is 3.72. The number of nitrogens with one attached hydrogen (secondary N) is 2. The first kappa shape index (κ1) is 23.4. The van der Waals surface area contributed by atoms with E-state index in [9.17, 15) is 17.6 Å². The molecule has 0 bridgehead atoms. The number of hydrazone groups is 1. The fourth-order valence-corrected chi connectivity index (χ4v) is 3.72. The Hall–Kier alpha value is -3.30. The fraction of sp³-hybridized carbons (Fsp3) is 0.364. The monoisotopic (exact) mass is 450 g/mol. The van der Waals surface area contributed by atoms with E-state index in [0.717, 1.165) is 11.4 Å². The van der Waals surface area contributed by atoms with E-state index in [1.54, 1.807) is 18.1 Å². The Morgan fingerprint density at radius 2 is 2.16 bits per heavy atom. The van der Waals surface area contributed by atoms with E-state index in [1.807, 2.05) is 13.0 Å². The van der Waals surface area contributed by atoms with Crippen molar-refractivity contribution in [2.24, 2.45) is 10.1 Å². The lowest BCUT2D eigenvalue weighted by molar-refractivity contribution is -0.150. The molecule has 1 aromatic carbocycles. The highest BCUT2D eigenvalue weighted by molar-refractivity contribution is 5.95. The zero-order valence-electron chi connectivity index (χ0n) is 18.1. The van der Waals surface area contributed by atoms with Crippen LogP contribution in [0, 0.1) is 5.82 Å². The minimum Gasteiger partial charge on any atom is -0.378 e. The van der Waals surface area contributed by atoms with Crippen molar-refractivity contribution in [2.45, 2.75) is 32.1 Å². The topological polar surface area (TPSA) is 55.3 Å².